The zero-order valence-electron chi connectivity index (χ0n) is 19.6. The summed E-state index contributed by atoms with van der Waals surface area (Å²) in [5, 5.41) is 3.52. The molecule has 5 rings (SSSR count). The van der Waals surface area contributed by atoms with Gasteiger partial charge in [0.2, 0.25) is 0 Å². The maximum Gasteiger partial charge on any atom is 0.263 e. The molecule has 8 nitrogen and oxygen atoms in total. The Balaban J connectivity index is 1.28. The number of fused-ring (bicyclic) bond motifs is 2. The van der Waals surface area contributed by atoms with Crippen molar-refractivity contribution in [1.29, 1.82) is 0 Å². The van der Waals surface area contributed by atoms with Crippen LogP contribution in [0.1, 0.15) is 33.0 Å². The number of alkyl halides is 1. The van der Waals surface area contributed by atoms with Gasteiger partial charge in [0, 0.05) is 30.8 Å². The standard InChI is InChI=1S/C24H28F2N6O2S/c1-12-16(25)8-15-20(28)21(35-23(15)29-12)22(33)30-14-4-5-17-13(7-14)3-6-19(31-17)32-9-18(27)24(26,10-32)11-34-2/h3,6,8,14,18H,4-5,7,9-11,27-28H2,1-2H3,(H,30,33). The summed E-state index contributed by atoms with van der Waals surface area (Å²) in [6, 6.07) is 4.46. The number of thiophene rings is 1. The molecule has 3 atom stereocenters. The molecule has 3 unspecified atom stereocenters. The van der Waals surface area contributed by atoms with Gasteiger partial charge in [-0.25, -0.2) is 18.7 Å². The van der Waals surface area contributed by atoms with Crippen LogP contribution in [0.5, 0.6) is 0 Å². The number of hydrogen-bond donors (Lipinski definition) is 3. The number of ether oxygens (including phenoxy) is 1. The Morgan fingerprint density at radius 3 is 2.97 bits per heavy atom. The van der Waals surface area contributed by atoms with E-state index in [1.54, 1.807) is 6.92 Å². The zero-order valence-corrected chi connectivity index (χ0v) is 20.4. The van der Waals surface area contributed by atoms with Crippen molar-refractivity contribution in [3.05, 3.63) is 45.8 Å². The molecule has 3 aromatic rings. The van der Waals surface area contributed by atoms with Gasteiger partial charge in [-0.1, -0.05) is 6.07 Å². The number of carbonyl (C=O) groups is 1. The summed E-state index contributed by atoms with van der Waals surface area (Å²) in [4.78, 5) is 24.7. The lowest BCUT2D eigenvalue weighted by atomic mass is 9.91. The minimum atomic E-state index is -1.60. The fourth-order valence-electron chi connectivity index (χ4n) is 4.89. The number of carbonyl (C=O) groups excluding carboxylic acids is 1. The second-order valence-electron chi connectivity index (χ2n) is 9.40. The maximum atomic E-state index is 15.0. The predicted molar refractivity (Wildman–Crippen MR) is 132 cm³/mol. The molecular weight excluding hydrogens is 474 g/mol. The van der Waals surface area contributed by atoms with Crippen LogP contribution in [0.25, 0.3) is 10.2 Å². The Hall–Kier alpha value is -2.89. The number of rotatable bonds is 5. The number of aryl methyl sites for hydroxylation is 2. The number of aromatic nitrogens is 2. The molecule has 186 valence electrons. The van der Waals surface area contributed by atoms with Crippen molar-refractivity contribution in [1.82, 2.24) is 15.3 Å². The van der Waals surface area contributed by atoms with E-state index in [0.717, 1.165) is 11.3 Å². The number of nitrogens with zero attached hydrogens (tertiary/aromatic N) is 3. The van der Waals surface area contributed by atoms with Crippen molar-refractivity contribution in [2.24, 2.45) is 5.73 Å². The van der Waals surface area contributed by atoms with Crippen LogP contribution in [0, 0.1) is 12.7 Å². The first-order valence-electron chi connectivity index (χ1n) is 11.5. The van der Waals surface area contributed by atoms with Crippen molar-refractivity contribution >= 4 is 39.0 Å². The number of nitrogens with one attached hydrogen (secondary N) is 1. The molecule has 3 aromatic heterocycles. The second-order valence-corrected chi connectivity index (χ2v) is 10.4. The van der Waals surface area contributed by atoms with Crippen LogP contribution in [0.15, 0.2) is 18.2 Å². The first-order valence-corrected chi connectivity index (χ1v) is 12.3. The molecule has 1 aliphatic heterocycles. The molecule has 5 N–H and O–H groups in total. The molecule has 1 fully saturated rings. The summed E-state index contributed by atoms with van der Waals surface area (Å²) in [5.41, 5.74) is 13.1. The molecule has 1 amide bonds. The Labute approximate surface area is 205 Å². The summed E-state index contributed by atoms with van der Waals surface area (Å²) in [5.74, 6) is -0.0352. The fraction of sp³-hybridized carbons (Fsp3) is 0.458. The molecule has 35 heavy (non-hydrogen) atoms. The lowest BCUT2D eigenvalue weighted by molar-refractivity contribution is 0.0461. The summed E-state index contributed by atoms with van der Waals surface area (Å²) in [7, 11) is 1.47. The Kier molecular flexibility index (Phi) is 6.10. The van der Waals surface area contributed by atoms with E-state index < -0.39 is 17.5 Å². The molecule has 0 bridgehead atoms. The SMILES string of the molecule is COCC1(F)CN(c2ccc3c(n2)CCC(NC(=O)c2sc4nc(C)c(F)cc4c2N)C3)CC1N. The molecule has 0 radical (unpaired) electrons. The lowest BCUT2D eigenvalue weighted by Crippen LogP contribution is -2.46. The molecule has 1 aliphatic carbocycles. The number of hydrogen-bond acceptors (Lipinski definition) is 8. The largest absolute Gasteiger partial charge is 0.397 e. The van der Waals surface area contributed by atoms with E-state index in [4.69, 9.17) is 21.2 Å². The smallest absolute Gasteiger partial charge is 0.263 e. The summed E-state index contributed by atoms with van der Waals surface area (Å²) in [6.07, 6.45) is 2.02. The van der Waals surface area contributed by atoms with Crippen LogP contribution in [0.3, 0.4) is 0 Å². The highest BCUT2D eigenvalue weighted by molar-refractivity contribution is 7.21. The number of halogens is 2. The molecule has 2 aliphatic rings. The first-order chi connectivity index (χ1) is 16.7. The van der Waals surface area contributed by atoms with Crippen molar-refractivity contribution in [3.8, 4) is 0 Å². The van der Waals surface area contributed by atoms with E-state index in [1.165, 1.54) is 24.5 Å². The lowest BCUT2D eigenvalue weighted by Gasteiger charge is -2.27. The third-order valence-corrected chi connectivity index (χ3v) is 8.00. The fourth-order valence-corrected chi connectivity index (χ4v) is 5.92. The van der Waals surface area contributed by atoms with Gasteiger partial charge in [-0.2, -0.15) is 0 Å². The molecular formula is C24H28F2N6O2S. The third-order valence-electron chi connectivity index (χ3n) is 6.88. The number of anilines is 2. The Morgan fingerprint density at radius 2 is 2.20 bits per heavy atom. The van der Waals surface area contributed by atoms with E-state index in [0.29, 0.717) is 46.7 Å². The van der Waals surface area contributed by atoms with Gasteiger partial charge >= 0.3 is 0 Å². The summed E-state index contributed by atoms with van der Waals surface area (Å²) in [6.45, 7) is 2.04. The second kappa shape index (κ2) is 8.96. The van der Waals surface area contributed by atoms with E-state index in [2.05, 4.69) is 10.3 Å². The summed E-state index contributed by atoms with van der Waals surface area (Å²) >= 11 is 1.17. The van der Waals surface area contributed by atoms with Crippen LogP contribution in [0.4, 0.5) is 20.3 Å². The minimum Gasteiger partial charge on any atom is -0.397 e. The molecule has 0 saturated carbocycles. The summed E-state index contributed by atoms with van der Waals surface area (Å²) < 4.78 is 34.0. The van der Waals surface area contributed by atoms with E-state index >= 15 is 4.39 Å². The van der Waals surface area contributed by atoms with Crippen LogP contribution in [-0.2, 0) is 17.6 Å². The number of amides is 1. The van der Waals surface area contributed by atoms with Gasteiger partial charge < -0.3 is 26.4 Å². The van der Waals surface area contributed by atoms with E-state index in [1.807, 2.05) is 17.0 Å². The monoisotopic (exact) mass is 502 g/mol. The molecule has 0 spiro atoms. The molecule has 4 heterocycles. The minimum absolute atomic E-state index is 0.0497. The quantitative estimate of drug-likeness (QED) is 0.490. The highest BCUT2D eigenvalue weighted by atomic mass is 32.1. The Morgan fingerprint density at radius 1 is 1.40 bits per heavy atom. The van der Waals surface area contributed by atoms with Gasteiger partial charge in [-0.05, 0) is 43.9 Å². The van der Waals surface area contributed by atoms with Crippen LogP contribution < -0.4 is 21.7 Å². The van der Waals surface area contributed by atoms with Gasteiger partial charge in [0.05, 0.1) is 30.6 Å². The normalized spacial score (nSPS) is 24.1. The highest BCUT2D eigenvalue weighted by Gasteiger charge is 2.46. The van der Waals surface area contributed by atoms with Gasteiger partial charge in [-0.15, -0.1) is 11.3 Å². The van der Waals surface area contributed by atoms with E-state index in [9.17, 15) is 9.18 Å². The van der Waals surface area contributed by atoms with Crippen molar-refractivity contribution in [3.63, 3.8) is 0 Å². The van der Waals surface area contributed by atoms with Gasteiger partial charge in [0.15, 0.2) is 5.67 Å². The van der Waals surface area contributed by atoms with Crippen LogP contribution in [-0.4, -0.2) is 60.4 Å². The topological polar surface area (TPSA) is 119 Å². The van der Waals surface area contributed by atoms with Gasteiger partial charge in [0.1, 0.15) is 21.3 Å². The average molecular weight is 503 g/mol. The third kappa shape index (κ3) is 4.32. The number of methoxy groups -OCH3 is 1. The number of pyridine rings is 2. The van der Waals surface area contributed by atoms with Gasteiger partial charge in [0.25, 0.3) is 5.91 Å². The van der Waals surface area contributed by atoms with Gasteiger partial charge in [-0.3, -0.25) is 4.79 Å². The number of nitrogen functional groups attached to an aromatic ring is 1. The zero-order chi connectivity index (χ0) is 24.9. The van der Waals surface area contributed by atoms with Crippen LogP contribution in [0.2, 0.25) is 0 Å². The van der Waals surface area contributed by atoms with Crippen LogP contribution >= 0.6 is 11.3 Å². The average Bonchev–Trinajstić information content (AvgIpc) is 3.30. The number of nitrogens with two attached hydrogens (primary N) is 2. The van der Waals surface area contributed by atoms with Crippen molar-refractivity contribution in [2.45, 2.75) is 43.9 Å². The molecule has 11 heteroatoms. The molecule has 0 aromatic carbocycles. The van der Waals surface area contributed by atoms with Crippen molar-refractivity contribution < 1.29 is 18.3 Å². The van der Waals surface area contributed by atoms with Crippen molar-refractivity contribution in [2.75, 3.05) is 37.4 Å². The maximum absolute atomic E-state index is 15.0. The Bertz CT molecular complexity index is 1300. The predicted octanol–water partition coefficient (Wildman–Crippen LogP) is 2.51. The highest BCUT2D eigenvalue weighted by Crippen LogP contribution is 2.34. The molecule has 1 saturated heterocycles. The first kappa shape index (κ1) is 23.8. The van der Waals surface area contributed by atoms with E-state index in [-0.39, 0.29) is 36.5 Å².